The molecule has 5 rings (SSSR count). The molecule has 1 aliphatic rings. The molecule has 4 aromatic rings. The van der Waals surface area contributed by atoms with E-state index in [1.54, 1.807) is 0 Å². The van der Waals surface area contributed by atoms with E-state index in [1.807, 2.05) is 76.9 Å². The van der Waals surface area contributed by atoms with E-state index in [-0.39, 0.29) is 11.3 Å². The van der Waals surface area contributed by atoms with Crippen LogP contribution in [0.25, 0.3) is 16.8 Å². The van der Waals surface area contributed by atoms with Gasteiger partial charge in [-0.2, -0.15) is 5.10 Å². The van der Waals surface area contributed by atoms with Gasteiger partial charge in [-0.1, -0.05) is 32.9 Å². The van der Waals surface area contributed by atoms with Gasteiger partial charge in [0.05, 0.1) is 36.3 Å². The van der Waals surface area contributed by atoms with E-state index in [4.69, 9.17) is 4.74 Å². The van der Waals surface area contributed by atoms with Crippen LogP contribution in [-0.4, -0.2) is 43.8 Å². The molecular formula is C29H36N6O3. The summed E-state index contributed by atoms with van der Waals surface area (Å²) < 4.78 is 10.4. The molecule has 200 valence electrons. The highest BCUT2D eigenvalue weighted by Crippen LogP contribution is 2.42. The quantitative estimate of drug-likeness (QED) is 0.327. The Balaban J connectivity index is 1.49. The number of carbonyl (C=O) groups is 1. The van der Waals surface area contributed by atoms with Crippen molar-refractivity contribution in [3.05, 3.63) is 64.9 Å². The summed E-state index contributed by atoms with van der Waals surface area (Å²) in [5.74, 6) is 0.615. The number of rotatable bonds is 8. The van der Waals surface area contributed by atoms with Crippen LogP contribution in [0.15, 0.2) is 36.7 Å². The highest BCUT2D eigenvalue weighted by molar-refractivity contribution is 6.02. The Kier molecular flexibility index (Phi) is 6.75. The molecule has 3 aromatic heterocycles. The number of nitrogens with zero attached hydrogens (tertiary/aromatic N) is 4. The molecule has 0 saturated carbocycles. The smallest absolute Gasteiger partial charge is 0.228 e. The van der Waals surface area contributed by atoms with Crippen LogP contribution in [0.4, 0.5) is 5.69 Å². The maximum absolute atomic E-state index is 12.3. The second-order valence-corrected chi connectivity index (χ2v) is 11.1. The minimum absolute atomic E-state index is 0.0398. The molecule has 0 saturated heterocycles. The average molecular weight is 517 g/mol. The number of pyridine rings is 1. The number of hydrogen-bond acceptors (Lipinski definition) is 6. The predicted octanol–water partition coefficient (Wildman–Crippen LogP) is 3.96. The first-order valence-corrected chi connectivity index (χ1v) is 13.0. The van der Waals surface area contributed by atoms with Crippen molar-refractivity contribution in [1.29, 1.82) is 0 Å². The van der Waals surface area contributed by atoms with Crippen molar-refractivity contribution in [1.82, 2.24) is 24.5 Å². The number of imidazole rings is 1. The number of aliphatic hydroxyl groups is 1. The van der Waals surface area contributed by atoms with E-state index in [2.05, 4.69) is 31.3 Å². The molecular weight excluding hydrogens is 480 g/mol. The van der Waals surface area contributed by atoms with Gasteiger partial charge in [0.25, 0.3) is 0 Å². The monoisotopic (exact) mass is 516 g/mol. The summed E-state index contributed by atoms with van der Waals surface area (Å²) in [4.78, 5) is 16.8. The zero-order chi connectivity index (χ0) is 27.2. The number of benzene rings is 1. The third kappa shape index (κ3) is 4.68. The molecule has 1 amide bonds. The summed E-state index contributed by atoms with van der Waals surface area (Å²) >= 11 is 0. The summed E-state index contributed by atoms with van der Waals surface area (Å²) in [6.45, 7) is 9.08. The Morgan fingerprint density at radius 3 is 2.76 bits per heavy atom. The summed E-state index contributed by atoms with van der Waals surface area (Å²) in [6.07, 6.45) is 4.15. The number of fused-ring (bicyclic) bond motifs is 2. The minimum atomic E-state index is -0.693. The maximum atomic E-state index is 12.3. The average Bonchev–Trinajstić information content (AvgIpc) is 3.54. The van der Waals surface area contributed by atoms with E-state index < -0.39 is 6.10 Å². The highest BCUT2D eigenvalue weighted by atomic mass is 16.5. The zero-order valence-corrected chi connectivity index (χ0v) is 22.9. The van der Waals surface area contributed by atoms with E-state index in [1.165, 1.54) is 0 Å². The molecule has 0 bridgehead atoms. The first-order valence-electron chi connectivity index (χ1n) is 13.0. The van der Waals surface area contributed by atoms with Gasteiger partial charge < -0.3 is 24.9 Å². The fourth-order valence-corrected chi connectivity index (χ4v) is 5.02. The van der Waals surface area contributed by atoms with Crippen LogP contribution in [0.1, 0.15) is 55.1 Å². The molecule has 1 atom stereocenters. The van der Waals surface area contributed by atoms with Gasteiger partial charge in [-0.3, -0.25) is 9.48 Å². The molecule has 4 heterocycles. The number of hydrogen-bond donors (Lipinski definition) is 3. The van der Waals surface area contributed by atoms with Crippen LogP contribution >= 0.6 is 0 Å². The van der Waals surface area contributed by atoms with Gasteiger partial charge >= 0.3 is 0 Å². The number of amides is 1. The normalized spacial score (nSPS) is 14.1. The topological polar surface area (TPSA) is 106 Å². The first kappa shape index (κ1) is 25.9. The van der Waals surface area contributed by atoms with Crippen molar-refractivity contribution < 1.29 is 14.6 Å². The van der Waals surface area contributed by atoms with Gasteiger partial charge in [0.15, 0.2) is 5.75 Å². The van der Waals surface area contributed by atoms with Gasteiger partial charge in [-0.25, -0.2) is 4.98 Å². The molecule has 9 heteroatoms. The Hall–Kier alpha value is -3.69. The number of ether oxygens (including phenoxy) is 1. The summed E-state index contributed by atoms with van der Waals surface area (Å²) in [7, 11) is 3.80. The van der Waals surface area contributed by atoms with Crippen LogP contribution in [0.2, 0.25) is 0 Å². The second kappa shape index (κ2) is 9.89. The molecule has 1 unspecified atom stereocenters. The van der Waals surface area contributed by atoms with Crippen LogP contribution in [-0.2, 0) is 31.2 Å². The fourth-order valence-electron chi connectivity index (χ4n) is 5.02. The highest BCUT2D eigenvalue weighted by Gasteiger charge is 2.30. The maximum Gasteiger partial charge on any atom is 0.228 e. The Morgan fingerprint density at radius 2 is 2.03 bits per heavy atom. The van der Waals surface area contributed by atoms with E-state index in [0.717, 1.165) is 45.0 Å². The molecule has 3 N–H and O–H groups in total. The number of aliphatic hydroxyl groups excluding tert-OH is 1. The zero-order valence-electron chi connectivity index (χ0n) is 22.9. The Labute approximate surface area is 222 Å². The third-order valence-corrected chi connectivity index (χ3v) is 7.28. The van der Waals surface area contributed by atoms with Crippen molar-refractivity contribution in [2.45, 2.75) is 53.2 Å². The Bertz CT molecular complexity index is 1510. The molecule has 38 heavy (non-hydrogen) atoms. The summed E-state index contributed by atoms with van der Waals surface area (Å²) in [6, 6.07) is 8.03. The summed E-state index contributed by atoms with van der Waals surface area (Å²) in [5.41, 5.74) is 7.78. The van der Waals surface area contributed by atoms with Crippen molar-refractivity contribution in [2.75, 3.05) is 19.0 Å². The van der Waals surface area contributed by atoms with Crippen molar-refractivity contribution in [3.8, 4) is 16.9 Å². The molecule has 0 radical (unpaired) electrons. The van der Waals surface area contributed by atoms with E-state index in [0.29, 0.717) is 37.4 Å². The van der Waals surface area contributed by atoms with Crippen LogP contribution in [0, 0.1) is 12.3 Å². The molecule has 0 spiro atoms. The standard InChI is InChI=1S/C29H36N6O3/c1-17-21(26(33-34(17)6)28(37)29(2,3)4)11-12-38-27-22(9-7-18-13-24(36)32-25(18)27)19-8-10-23-31-15-20(14-30-5)35(23)16-19/h7-10,15-16,28,30,37H,11-14H2,1-6H3,(H,32,36). The molecule has 0 aliphatic carbocycles. The van der Waals surface area contributed by atoms with Crippen molar-refractivity contribution in [3.63, 3.8) is 0 Å². The van der Waals surface area contributed by atoms with Gasteiger partial charge in [0.1, 0.15) is 11.8 Å². The van der Waals surface area contributed by atoms with Crippen molar-refractivity contribution in [2.24, 2.45) is 12.5 Å². The minimum Gasteiger partial charge on any atom is -0.490 e. The first-order chi connectivity index (χ1) is 18.1. The lowest BCUT2D eigenvalue weighted by molar-refractivity contribution is -0.115. The van der Waals surface area contributed by atoms with Gasteiger partial charge in [0, 0.05) is 48.6 Å². The number of anilines is 1. The number of aryl methyl sites for hydroxylation is 1. The van der Waals surface area contributed by atoms with Gasteiger partial charge in [-0.05, 0) is 37.1 Å². The van der Waals surface area contributed by atoms with Gasteiger partial charge in [0.2, 0.25) is 5.91 Å². The van der Waals surface area contributed by atoms with Gasteiger partial charge in [-0.15, -0.1) is 0 Å². The lowest BCUT2D eigenvalue weighted by Gasteiger charge is -2.25. The second-order valence-electron chi connectivity index (χ2n) is 11.1. The van der Waals surface area contributed by atoms with Crippen LogP contribution < -0.4 is 15.4 Å². The lowest BCUT2D eigenvalue weighted by atomic mass is 9.85. The number of aromatic nitrogens is 4. The summed E-state index contributed by atoms with van der Waals surface area (Å²) in [5, 5.41) is 21.8. The van der Waals surface area contributed by atoms with E-state index >= 15 is 0 Å². The van der Waals surface area contributed by atoms with Crippen LogP contribution in [0.3, 0.4) is 0 Å². The van der Waals surface area contributed by atoms with Crippen LogP contribution in [0.5, 0.6) is 5.75 Å². The molecule has 0 fully saturated rings. The third-order valence-electron chi connectivity index (χ3n) is 7.28. The number of nitrogens with one attached hydrogen (secondary N) is 2. The molecule has 1 aromatic carbocycles. The largest absolute Gasteiger partial charge is 0.490 e. The molecule has 9 nitrogen and oxygen atoms in total. The van der Waals surface area contributed by atoms with Crippen molar-refractivity contribution >= 4 is 17.2 Å². The predicted molar refractivity (Wildman–Crippen MR) is 147 cm³/mol. The number of carbonyl (C=O) groups excluding carboxylic acids is 1. The Morgan fingerprint density at radius 1 is 1.24 bits per heavy atom. The lowest BCUT2D eigenvalue weighted by Crippen LogP contribution is -2.20. The van der Waals surface area contributed by atoms with E-state index in [9.17, 15) is 9.90 Å². The molecule has 1 aliphatic heterocycles. The SMILES string of the molecule is CNCc1cnc2ccc(-c3ccc4c(c3OCCc3c(C(O)C(C)(C)C)nn(C)c3C)NC(=O)C4)cn12. The fraction of sp³-hybridized carbons (Fsp3) is 0.414.